The molecule has 0 spiro atoms. The van der Waals surface area contributed by atoms with Gasteiger partial charge >= 0.3 is 7.60 Å². The molecule has 1 saturated heterocycles. The number of aliphatic hydroxyl groups is 2. The van der Waals surface area contributed by atoms with Gasteiger partial charge in [-0.25, -0.2) is 9.97 Å². The summed E-state index contributed by atoms with van der Waals surface area (Å²) in [6.45, 7) is 6.48. The van der Waals surface area contributed by atoms with Crippen LogP contribution >= 0.6 is 19.8 Å². The molecule has 4 N–H and O–H groups in total. The standard InChI is InChI=1S/C16H25N4O6PS/c1-8(2)27(23,24)26-16(3,4)5-9-11(21)12(22)15(25-9)20-7-19-10-13(20)17-6-18-14(10)28/h6-9,11-12,15,21-22H,5H2,1-4H3,(H,23,24)(H,17,18,28). The van der Waals surface area contributed by atoms with E-state index >= 15 is 0 Å². The minimum absolute atomic E-state index is 0.100. The van der Waals surface area contributed by atoms with E-state index in [0.717, 1.165) is 0 Å². The number of hydrogen-bond acceptors (Lipinski definition) is 8. The molecule has 0 bridgehead atoms. The van der Waals surface area contributed by atoms with Crippen LogP contribution in [0.5, 0.6) is 0 Å². The molecular formula is C16H25N4O6PS. The Bertz CT molecular complexity index is 960. The summed E-state index contributed by atoms with van der Waals surface area (Å²) >= 11 is 5.13. The van der Waals surface area contributed by atoms with E-state index in [0.29, 0.717) is 15.8 Å². The molecule has 1 aliphatic heterocycles. The van der Waals surface area contributed by atoms with Crippen LogP contribution in [-0.2, 0) is 13.8 Å². The summed E-state index contributed by atoms with van der Waals surface area (Å²) < 4.78 is 25.4. The van der Waals surface area contributed by atoms with Crippen molar-refractivity contribution in [2.45, 2.75) is 69.9 Å². The molecule has 0 amide bonds. The smallest absolute Gasteiger partial charge is 0.331 e. The van der Waals surface area contributed by atoms with Gasteiger partial charge in [-0.05, 0) is 13.8 Å². The molecule has 2 aromatic rings. The van der Waals surface area contributed by atoms with Gasteiger partial charge in [0.25, 0.3) is 0 Å². The molecule has 0 aromatic carbocycles. The van der Waals surface area contributed by atoms with Crippen LogP contribution < -0.4 is 0 Å². The van der Waals surface area contributed by atoms with Gasteiger partial charge in [-0.15, -0.1) is 0 Å². The minimum Gasteiger partial charge on any atom is -0.388 e. The molecule has 5 atom stereocenters. The zero-order chi connectivity index (χ0) is 20.9. The molecule has 5 unspecified atom stereocenters. The number of fused-ring (bicyclic) bond motifs is 1. The topological polar surface area (TPSA) is 143 Å². The monoisotopic (exact) mass is 432 g/mol. The van der Waals surface area contributed by atoms with Crippen LogP contribution in [0.1, 0.15) is 40.3 Å². The van der Waals surface area contributed by atoms with E-state index in [1.165, 1.54) is 12.7 Å². The predicted octanol–water partition coefficient (Wildman–Crippen LogP) is 1.89. The highest BCUT2D eigenvalue weighted by Crippen LogP contribution is 2.52. The van der Waals surface area contributed by atoms with Crippen LogP contribution in [-0.4, -0.2) is 64.2 Å². The fourth-order valence-corrected chi connectivity index (χ4v) is 4.37. The number of H-pyrrole nitrogens is 1. The van der Waals surface area contributed by atoms with Crippen molar-refractivity contribution in [3.05, 3.63) is 17.3 Å². The van der Waals surface area contributed by atoms with E-state index in [2.05, 4.69) is 15.0 Å². The molecular weight excluding hydrogens is 407 g/mol. The summed E-state index contributed by atoms with van der Waals surface area (Å²) in [6, 6.07) is 0. The SMILES string of the molecule is CC(C)P(=O)(O)OC(C)(C)CC1OC(n2cnc3c(=S)nc[nH]c32)C(O)C1O. The minimum atomic E-state index is -3.82. The van der Waals surface area contributed by atoms with E-state index in [-0.39, 0.29) is 6.42 Å². The number of ether oxygens (including phenoxy) is 1. The average Bonchev–Trinajstić information content (AvgIpc) is 3.11. The van der Waals surface area contributed by atoms with Gasteiger partial charge in [0.2, 0.25) is 0 Å². The lowest BCUT2D eigenvalue weighted by molar-refractivity contribution is -0.0604. The lowest BCUT2D eigenvalue weighted by Crippen LogP contribution is -2.37. The number of rotatable bonds is 6. The van der Waals surface area contributed by atoms with Crippen molar-refractivity contribution in [3.8, 4) is 0 Å². The van der Waals surface area contributed by atoms with E-state index in [1.54, 1.807) is 32.3 Å². The van der Waals surface area contributed by atoms with Gasteiger partial charge in [0.1, 0.15) is 23.4 Å². The summed E-state index contributed by atoms with van der Waals surface area (Å²) in [5.41, 5.74) is -0.663. The number of aromatic amines is 1. The number of aromatic nitrogens is 4. The molecule has 0 saturated carbocycles. The Labute approximate surface area is 167 Å². The molecule has 3 rings (SSSR count). The fraction of sp³-hybridized carbons (Fsp3) is 0.688. The Morgan fingerprint density at radius 2 is 2.07 bits per heavy atom. The molecule has 1 fully saturated rings. The van der Waals surface area contributed by atoms with Crippen molar-refractivity contribution < 1.29 is 28.9 Å². The maximum Gasteiger partial charge on any atom is 0.331 e. The van der Waals surface area contributed by atoms with E-state index in [9.17, 15) is 19.7 Å². The normalized spacial score (nSPS) is 28.1. The zero-order valence-corrected chi connectivity index (χ0v) is 17.7. The van der Waals surface area contributed by atoms with E-state index in [1.807, 2.05) is 0 Å². The molecule has 28 heavy (non-hydrogen) atoms. The van der Waals surface area contributed by atoms with Crippen LogP contribution in [0.4, 0.5) is 0 Å². The van der Waals surface area contributed by atoms with Gasteiger partial charge in [0.15, 0.2) is 10.9 Å². The first-order chi connectivity index (χ1) is 12.9. The van der Waals surface area contributed by atoms with Crippen molar-refractivity contribution in [1.29, 1.82) is 0 Å². The summed E-state index contributed by atoms with van der Waals surface area (Å²) in [4.78, 5) is 21.1. The highest BCUT2D eigenvalue weighted by atomic mass is 32.1. The van der Waals surface area contributed by atoms with Gasteiger partial charge in [-0.2, -0.15) is 0 Å². The fourth-order valence-electron chi connectivity index (χ4n) is 3.18. The van der Waals surface area contributed by atoms with Crippen LogP contribution in [0.2, 0.25) is 0 Å². The van der Waals surface area contributed by atoms with E-state index in [4.69, 9.17) is 21.5 Å². The molecule has 1 aliphatic rings. The van der Waals surface area contributed by atoms with Gasteiger partial charge in [-0.1, -0.05) is 26.1 Å². The first kappa shape index (κ1) is 21.5. The summed E-state index contributed by atoms with van der Waals surface area (Å²) in [7, 11) is -3.82. The maximum absolute atomic E-state index is 12.2. The Morgan fingerprint density at radius 1 is 1.39 bits per heavy atom. The number of nitrogens with one attached hydrogen (secondary N) is 1. The van der Waals surface area contributed by atoms with Crippen molar-refractivity contribution in [2.75, 3.05) is 0 Å². The molecule has 0 aliphatic carbocycles. The summed E-state index contributed by atoms with van der Waals surface area (Å²) in [6.07, 6.45) is -1.22. The van der Waals surface area contributed by atoms with Gasteiger partial charge in [0, 0.05) is 6.42 Å². The average molecular weight is 432 g/mol. The number of aliphatic hydroxyl groups excluding tert-OH is 2. The lowest BCUT2D eigenvalue weighted by Gasteiger charge is -2.32. The third-order valence-corrected chi connectivity index (χ3v) is 7.07. The first-order valence-corrected chi connectivity index (χ1v) is 10.9. The summed E-state index contributed by atoms with van der Waals surface area (Å²) in [5.74, 6) is 0. The van der Waals surface area contributed by atoms with Crippen molar-refractivity contribution in [3.63, 3.8) is 0 Å². The van der Waals surface area contributed by atoms with Crippen LogP contribution in [0, 0.1) is 4.64 Å². The van der Waals surface area contributed by atoms with Crippen molar-refractivity contribution in [2.24, 2.45) is 0 Å². The van der Waals surface area contributed by atoms with E-state index < -0.39 is 43.4 Å². The van der Waals surface area contributed by atoms with Gasteiger partial charge in [0.05, 0.1) is 30.0 Å². The second-order valence-electron chi connectivity index (χ2n) is 7.82. The zero-order valence-electron chi connectivity index (χ0n) is 16.0. The second-order valence-corrected chi connectivity index (χ2v) is 10.5. The Kier molecular flexibility index (Phi) is 5.81. The maximum atomic E-state index is 12.2. The van der Waals surface area contributed by atoms with Gasteiger partial charge < -0.3 is 29.4 Å². The van der Waals surface area contributed by atoms with Crippen LogP contribution in [0.3, 0.4) is 0 Å². The molecule has 0 radical (unpaired) electrons. The molecule has 3 heterocycles. The third-order valence-electron chi connectivity index (χ3n) is 4.71. The molecule has 2 aromatic heterocycles. The van der Waals surface area contributed by atoms with Crippen LogP contribution in [0.15, 0.2) is 12.7 Å². The number of imidazole rings is 1. The predicted molar refractivity (Wildman–Crippen MR) is 103 cm³/mol. The number of nitrogens with zero attached hydrogens (tertiary/aromatic N) is 3. The van der Waals surface area contributed by atoms with Crippen molar-refractivity contribution >= 4 is 31.0 Å². The number of hydrogen-bond donors (Lipinski definition) is 4. The Morgan fingerprint density at radius 3 is 2.71 bits per heavy atom. The highest BCUT2D eigenvalue weighted by molar-refractivity contribution is 7.71. The third kappa shape index (κ3) is 4.06. The Hall–Kier alpha value is -1.20. The van der Waals surface area contributed by atoms with Crippen molar-refractivity contribution in [1.82, 2.24) is 19.5 Å². The van der Waals surface area contributed by atoms with Crippen LogP contribution in [0.25, 0.3) is 11.2 Å². The highest BCUT2D eigenvalue weighted by Gasteiger charge is 2.47. The lowest BCUT2D eigenvalue weighted by atomic mass is 9.97. The molecule has 156 valence electrons. The molecule has 10 nitrogen and oxygen atoms in total. The quantitative estimate of drug-likeness (QED) is 0.397. The largest absolute Gasteiger partial charge is 0.388 e. The second kappa shape index (κ2) is 7.56. The first-order valence-electron chi connectivity index (χ1n) is 8.88. The Balaban J connectivity index is 1.81. The molecule has 12 heteroatoms. The van der Waals surface area contributed by atoms with Gasteiger partial charge in [-0.3, -0.25) is 9.13 Å². The summed E-state index contributed by atoms with van der Waals surface area (Å²) in [5, 5.41) is 21.0.